The molecule has 36 heavy (non-hydrogen) atoms. The molecule has 2 atom stereocenters. The lowest BCUT2D eigenvalue weighted by atomic mass is 9.97. The van der Waals surface area contributed by atoms with Gasteiger partial charge in [0.05, 0.1) is 10.0 Å². The van der Waals surface area contributed by atoms with E-state index in [-0.39, 0.29) is 24.1 Å². The number of amides is 1. The first-order valence-electron chi connectivity index (χ1n) is 12.6. The van der Waals surface area contributed by atoms with Crippen molar-refractivity contribution in [2.45, 2.75) is 74.3 Å². The molecule has 3 nitrogen and oxygen atoms in total. The van der Waals surface area contributed by atoms with Crippen molar-refractivity contribution in [2.24, 2.45) is 0 Å². The zero-order valence-corrected chi connectivity index (χ0v) is 23.0. The fourth-order valence-electron chi connectivity index (χ4n) is 5.47. The highest BCUT2D eigenvalue weighted by atomic mass is 35.5. The van der Waals surface area contributed by atoms with Crippen LogP contribution in [0.3, 0.4) is 0 Å². The maximum Gasteiger partial charge on any atom is 0.254 e. The molecule has 0 radical (unpaired) electrons. The monoisotopic (exact) mass is 539 g/mol. The van der Waals surface area contributed by atoms with Crippen molar-refractivity contribution in [3.63, 3.8) is 0 Å². The van der Waals surface area contributed by atoms with Gasteiger partial charge < -0.3 is 9.64 Å². The van der Waals surface area contributed by atoms with Gasteiger partial charge in [-0.25, -0.2) is 0 Å². The molecule has 6 heteroatoms. The average molecular weight is 541 g/mol. The van der Waals surface area contributed by atoms with Gasteiger partial charge >= 0.3 is 0 Å². The van der Waals surface area contributed by atoms with Crippen molar-refractivity contribution in [1.29, 1.82) is 0 Å². The Kier molecular flexibility index (Phi) is 7.85. The first-order chi connectivity index (χ1) is 17.4. The largest absolute Gasteiger partial charge is 0.490 e. The van der Waals surface area contributed by atoms with E-state index in [9.17, 15) is 4.79 Å². The van der Waals surface area contributed by atoms with Crippen LogP contribution < -0.4 is 4.74 Å². The molecule has 0 saturated carbocycles. The van der Waals surface area contributed by atoms with Gasteiger partial charge in [-0.1, -0.05) is 73.4 Å². The fraction of sp³-hybridized carbons (Fsp3) is 0.367. The summed E-state index contributed by atoms with van der Waals surface area (Å²) in [7, 11) is 0. The lowest BCUT2D eigenvalue weighted by Gasteiger charge is -2.39. The van der Waals surface area contributed by atoms with Crippen LogP contribution in [0.1, 0.15) is 66.9 Å². The van der Waals surface area contributed by atoms with Gasteiger partial charge in [0.25, 0.3) is 5.91 Å². The van der Waals surface area contributed by atoms with E-state index < -0.39 is 0 Å². The fourth-order valence-corrected chi connectivity index (χ4v) is 7.11. The molecule has 3 aromatic carbocycles. The van der Waals surface area contributed by atoms with E-state index in [4.69, 9.17) is 27.9 Å². The number of nitrogens with zero attached hydrogens (tertiary/aromatic N) is 1. The highest BCUT2D eigenvalue weighted by molar-refractivity contribution is 7.98. The summed E-state index contributed by atoms with van der Waals surface area (Å²) in [5.41, 5.74) is 3.13. The number of hydrogen-bond donors (Lipinski definition) is 0. The van der Waals surface area contributed by atoms with Gasteiger partial charge in [-0.15, -0.1) is 11.8 Å². The third kappa shape index (κ3) is 5.41. The van der Waals surface area contributed by atoms with Crippen LogP contribution in [0.2, 0.25) is 10.0 Å². The smallest absolute Gasteiger partial charge is 0.254 e. The summed E-state index contributed by atoms with van der Waals surface area (Å²) in [5, 5.41) is 1.32. The molecule has 0 N–H and O–H groups in total. The number of fused-ring (bicyclic) bond motifs is 2. The Labute approximate surface area is 228 Å². The van der Waals surface area contributed by atoms with Gasteiger partial charge in [0.2, 0.25) is 0 Å². The Morgan fingerprint density at radius 3 is 2.22 bits per heavy atom. The van der Waals surface area contributed by atoms with Crippen LogP contribution in [-0.4, -0.2) is 29.0 Å². The Bertz CT molecular complexity index is 1200. The second kappa shape index (κ2) is 11.1. The number of piperidine rings is 1. The maximum absolute atomic E-state index is 13.5. The number of rotatable bonds is 7. The number of hydrogen-bond acceptors (Lipinski definition) is 3. The SMILES string of the molecule is CC(C)c1ccccc1OC1CC2CCC(C1)N2C(=O)c1ccc(CSc2c(Cl)cccc2Cl)cc1. The summed E-state index contributed by atoms with van der Waals surface area (Å²) in [5.74, 6) is 2.28. The molecular formula is C30H31Cl2NO2S. The minimum atomic E-state index is 0.136. The molecule has 2 fully saturated rings. The van der Waals surface area contributed by atoms with Gasteiger partial charge in [-0.2, -0.15) is 0 Å². The number of carbonyl (C=O) groups excluding carboxylic acids is 1. The van der Waals surface area contributed by atoms with E-state index in [0.29, 0.717) is 16.0 Å². The number of para-hydroxylation sites is 1. The molecule has 0 spiro atoms. The molecule has 2 aliphatic rings. The average Bonchev–Trinajstić information content (AvgIpc) is 3.14. The van der Waals surface area contributed by atoms with Gasteiger partial charge in [0, 0.05) is 41.1 Å². The Morgan fingerprint density at radius 2 is 1.58 bits per heavy atom. The summed E-state index contributed by atoms with van der Waals surface area (Å²) in [6.45, 7) is 4.39. The zero-order valence-electron chi connectivity index (χ0n) is 20.6. The van der Waals surface area contributed by atoms with Crippen molar-refractivity contribution in [1.82, 2.24) is 4.90 Å². The highest BCUT2D eigenvalue weighted by Gasteiger charge is 2.44. The Morgan fingerprint density at radius 1 is 0.944 bits per heavy atom. The number of ether oxygens (including phenoxy) is 1. The summed E-state index contributed by atoms with van der Waals surface area (Å²) in [6.07, 6.45) is 4.04. The van der Waals surface area contributed by atoms with Crippen LogP contribution in [0, 0.1) is 0 Å². The molecule has 2 saturated heterocycles. The van der Waals surface area contributed by atoms with Crippen LogP contribution in [-0.2, 0) is 5.75 Å². The molecule has 2 aliphatic heterocycles. The second-order valence-corrected chi connectivity index (χ2v) is 11.8. The highest BCUT2D eigenvalue weighted by Crippen LogP contribution is 2.40. The first kappa shape index (κ1) is 25.5. The predicted molar refractivity (Wildman–Crippen MR) is 150 cm³/mol. The van der Waals surface area contributed by atoms with Crippen molar-refractivity contribution in [3.05, 3.63) is 93.5 Å². The van der Waals surface area contributed by atoms with E-state index in [1.165, 1.54) is 5.56 Å². The van der Waals surface area contributed by atoms with Crippen LogP contribution in [0.25, 0.3) is 0 Å². The number of carbonyl (C=O) groups is 1. The molecule has 0 aliphatic carbocycles. The van der Waals surface area contributed by atoms with Crippen LogP contribution in [0.5, 0.6) is 5.75 Å². The van der Waals surface area contributed by atoms with Gasteiger partial charge in [-0.3, -0.25) is 4.79 Å². The molecule has 5 rings (SSSR count). The van der Waals surface area contributed by atoms with E-state index in [0.717, 1.165) is 53.2 Å². The summed E-state index contributed by atoms with van der Waals surface area (Å²) < 4.78 is 6.50. The maximum atomic E-state index is 13.5. The normalized spacial score (nSPS) is 21.1. The van der Waals surface area contributed by atoms with E-state index in [1.807, 2.05) is 48.5 Å². The second-order valence-electron chi connectivity index (χ2n) is 10.0. The summed E-state index contributed by atoms with van der Waals surface area (Å²) in [4.78, 5) is 16.5. The van der Waals surface area contributed by atoms with Gasteiger partial charge in [-0.05, 0) is 60.2 Å². The molecular weight excluding hydrogens is 509 g/mol. The van der Waals surface area contributed by atoms with Crippen LogP contribution in [0.15, 0.2) is 71.6 Å². The quantitative estimate of drug-likeness (QED) is 0.281. The third-order valence-corrected chi connectivity index (χ3v) is 9.32. The predicted octanol–water partition coefficient (Wildman–Crippen LogP) is 8.62. The molecule has 2 unspecified atom stereocenters. The molecule has 1 amide bonds. The van der Waals surface area contributed by atoms with Crippen LogP contribution >= 0.6 is 35.0 Å². The standard InChI is InChI=1S/C30H31Cl2NO2S/c1-19(2)25-6-3-4-9-28(25)35-24-16-22-14-15-23(17-24)33(22)30(34)21-12-10-20(11-13-21)18-36-29-26(31)7-5-8-27(29)32/h3-13,19,22-24H,14-18H2,1-2H3. The van der Waals surface area contributed by atoms with Crippen molar-refractivity contribution in [2.75, 3.05) is 0 Å². The van der Waals surface area contributed by atoms with Crippen molar-refractivity contribution >= 4 is 40.9 Å². The molecule has 188 valence electrons. The lowest BCUT2D eigenvalue weighted by Crippen LogP contribution is -2.49. The summed E-state index contributed by atoms with van der Waals surface area (Å²) >= 11 is 14.2. The van der Waals surface area contributed by atoms with Gasteiger partial charge in [0.1, 0.15) is 11.9 Å². The molecule has 2 heterocycles. The first-order valence-corrected chi connectivity index (χ1v) is 14.4. The van der Waals surface area contributed by atoms with Crippen LogP contribution in [0.4, 0.5) is 0 Å². The minimum Gasteiger partial charge on any atom is -0.490 e. The zero-order chi connectivity index (χ0) is 25.2. The number of halogens is 2. The molecule has 3 aromatic rings. The van der Waals surface area contributed by atoms with E-state index in [2.05, 4.69) is 36.9 Å². The molecule has 2 bridgehead atoms. The number of thioether (sulfide) groups is 1. The minimum absolute atomic E-state index is 0.136. The Hall–Kier alpha value is -2.14. The third-order valence-electron chi connectivity index (χ3n) is 7.26. The number of benzene rings is 3. The van der Waals surface area contributed by atoms with Crippen molar-refractivity contribution < 1.29 is 9.53 Å². The molecule has 0 aromatic heterocycles. The topological polar surface area (TPSA) is 29.5 Å². The van der Waals surface area contributed by atoms with E-state index >= 15 is 0 Å². The Balaban J connectivity index is 1.22. The lowest BCUT2D eigenvalue weighted by molar-refractivity contribution is 0.0356. The summed E-state index contributed by atoms with van der Waals surface area (Å²) in [6, 6.07) is 22.3. The van der Waals surface area contributed by atoms with Gasteiger partial charge in [0.15, 0.2) is 0 Å². The van der Waals surface area contributed by atoms with E-state index in [1.54, 1.807) is 11.8 Å². The van der Waals surface area contributed by atoms with Crippen molar-refractivity contribution in [3.8, 4) is 5.75 Å².